The van der Waals surface area contributed by atoms with Gasteiger partial charge in [-0.15, -0.1) is 0 Å². The normalized spacial score (nSPS) is 10.8. The molecule has 0 spiro atoms. The average molecular weight is 351 g/mol. The van der Waals surface area contributed by atoms with Gasteiger partial charge in [-0.05, 0) is 48.0 Å². The standard InChI is InChI=1S/C20H17NO5/c1-24-17-7-3-13(11-18(17)25-2)4-9-19(22)21-15-6-8-16-14(12-15)5-10-20(23)26-16/h3-12H,1-2H3,(H,21,22)/b9-4+. The minimum atomic E-state index is -0.410. The van der Waals surface area contributed by atoms with Crippen LogP contribution in [0.25, 0.3) is 17.0 Å². The van der Waals surface area contributed by atoms with Crippen molar-refractivity contribution in [3.63, 3.8) is 0 Å². The Labute approximate surface area is 149 Å². The number of nitrogens with one attached hydrogen (secondary N) is 1. The number of carbonyl (C=O) groups is 1. The van der Waals surface area contributed by atoms with Crippen molar-refractivity contribution >= 4 is 28.6 Å². The topological polar surface area (TPSA) is 77.8 Å². The van der Waals surface area contributed by atoms with Gasteiger partial charge in [0.25, 0.3) is 0 Å². The molecule has 26 heavy (non-hydrogen) atoms. The molecule has 0 radical (unpaired) electrons. The quantitative estimate of drug-likeness (QED) is 0.563. The van der Waals surface area contributed by atoms with E-state index in [1.165, 1.54) is 12.1 Å². The van der Waals surface area contributed by atoms with Gasteiger partial charge in [0, 0.05) is 23.2 Å². The van der Waals surface area contributed by atoms with E-state index in [0.717, 1.165) is 10.9 Å². The minimum Gasteiger partial charge on any atom is -0.493 e. The maximum Gasteiger partial charge on any atom is 0.336 e. The second-order valence-corrected chi connectivity index (χ2v) is 5.44. The van der Waals surface area contributed by atoms with Gasteiger partial charge in [0.15, 0.2) is 11.5 Å². The zero-order chi connectivity index (χ0) is 18.5. The highest BCUT2D eigenvalue weighted by molar-refractivity contribution is 6.02. The number of hydrogen-bond acceptors (Lipinski definition) is 5. The fourth-order valence-electron chi connectivity index (χ4n) is 2.46. The van der Waals surface area contributed by atoms with Crippen molar-refractivity contribution < 1.29 is 18.7 Å². The summed E-state index contributed by atoms with van der Waals surface area (Å²) in [5.74, 6) is 0.930. The van der Waals surface area contributed by atoms with Gasteiger partial charge in [-0.25, -0.2) is 4.79 Å². The Morgan fingerprint density at radius 1 is 1.00 bits per heavy atom. The first kappa shape index (κ1) is 17.3. The molecule has 6 nitrogen and oxygen atoms in total. The summed E-state index contributed by atoms with van der Waals surface area (Å²) in [6.07, 6.45) is 3.11. The van der Waals surface area contributed by atoms with E-state index in [9.17, 15) is 9.59 Å². The molecule has 3 aromatic rings. The van der Waals surface area contributed by atoms with Crippen LogP contribution >= 0.6 is 0 Å². The maximum absolute atomic E-state index is 12.1. The molecule has 0 aliphatic heterocycles. The molecule has 1 heterocycles. The van der Waals surface area contributed by atoms with Crippen LogP contribution in [0.2, 0.25) is 0 Å². The van der Waals surface area contributed by atoms with Crippen molar-refractivity contribution in [3.8, 4) is 11.5 Å². The van der Waals surface area contributed by atoms with Crippen LogP contribution < -0.4 is 20.4 Å². The summed E-state index contributed by atoms with van der Waals surface area (Å²) in [6, 6.07) is 13.4. The smallest absolute Gasteiger partial charge is 0.336 e. The van der Waals surface area contributed by atoms with Gasteiger partial charge in [-0.2, -0.15) is 0 Å². The number of methoxy groups -OCH3 is 2. The lowest BCUT2D eigenvalue weighted by Gasteiger charge is -2.07. The van der Waals surface area contributed by atoms with Crippen LogP contribution in [0.4, 0.5) is 5.69 Å². The monoisotopic (exact) mass is 351 g/mol. The molecule has 0 saturated carbocycles. The SMILES string of the molecule is COc1ccc(/C=C/C(=O)Nc2ccc3oc(=O)ccc3c2)cc1OC. The molecule has 132 valence electrons. The number of hydrogen-bond donors (Lipinski definition) is 1. The second kappa shape index (κ2) is 7.57. The Morgan fingerprint density at radius 3 is 2.58 bits per heavy atom. The Kier molecular flexibility index (Phi) is 5.03. The summed E-state index contributed by atoms with van der Waals surface area (Å²) < 4.78 is 15.5. The van der Waals surface area contributed by atoms with Crippen LogP contribution in [0.15, 0.2) is 63.8 Å². The maximum atomic E-state index is 12.1. The van der Waals surface area contributed by atoms with Crippen molar-refractivity contribution in [2.75, 3.05) is 19.5 Å². The molecule has 1 N–H and O–H groups in total. The predicted octanol–water partition coefficient (Wildman–Crippen LogP) is 3.46. The van der Waals surface area contributed by atoms with E-state index in [1.807, 2.05) is 6.07 Å². The van der Waals surface area contributed by atoms with E-state index >= 15 is 0 Å². The third-order valence-electron chi connectivity index (χ3n) is 3.72. The first-order chi connectivity index (χ1) is 12.6. The highest BCUT2D eigenvalue weighted by Crippen LogP contribution is 2.28. The number of amides is 1. The van der Waals surface area contributed by atoms with Crippen LogP contribution in [0.3, 0.4) is 0 Å². The summed E-state index contributed by atoms with van der Waals surface area (Å²) in [4.78, 5) is 23.3. The van der Waals surface area contributed by atoms with Gasteiger partial charge < -0.3 is 19.2 Å². The zero-order valence-corrected chi connectivity index (χ0v) is 14.3. The summed E-state index contributed by atoms with van der Waals surface area (Å²) in [7, 11) is 3.12. The lowest BCUT2D eigenvalue weighted by Crippen LogP contribution is -2.07. The van der Waals surface area contributed by atoms with E-state index in [0.29, 0.717) is 22.8 Å². The highest BCUT2D eigenvalue weighted by atomic mass is 16.5. The van der Waals surface area contributed by atoms with Crippen LogP contribution in [0.5, 0.6) is 11.5 Å². The van der Waals surface area contributed by atoms with Gasteiger partial charge in [0.05, 0.1) is 14.2 Å². The van der Waals surface area contributed by atoms with E-state index in [-0.39, 0.29) is 5.91 Å². The molecular formula is C20H17NO5. The minimum absolute atomic E-state index is 0.281. The summed E-state index contributed by atoms with van der Waals surface area (Å²) >= 11 is 0. The molecule has 0 aliphatic carbocycles. The number of anilines is 1. The predicted molar refractivity (Wildman–Crippen MR) is 99.7 cm³/mol. The first-order valence-electron chi connectivity index (χ1n) is 7.84. The second-order valence-electron chi connectivity index (χ2n) is 5.44. The Morgan fingerprint density at radius 2 is 1.81 bits per heavy atom. The number of benzene rings is 2. The zero-order valence-electron chi connectivity index (χ0n) is 14.3. The number of rotatable bonds is 5. The van der Waals surface area contributed by atoms with Gasteiger partial charge in [0.1, 0.15) is 5.58 Å². The highest BCUT2D eigenvalue weighted by Gasteiger charge is 2.04. The van der Waals surface area contributed by atoms with Gasteiger partial charge in [-0.3, -0.25) is 4.79 Å². The number of carbonyl (C=O) groups excluding carboxylic acids is 1. The molecule has 1 amide bonds. The first-order valence-corrected chi connectivity index (χ1v) is 7.84. The van der Waals surface area contributed by atoms with Crippen LogP contribution in [0, 0.1) is 0 Å². The number of ether oxygens (including phenoxy) is 2. The van der Waals surface area contributed by atoms with Crippen LogP contribution in [-0.4, -0.2) is 20.1 Å². The molecule has 2 aromatic carbocycles. The third-order valence-corrected chi connectivity index (χ3v) is 3.72. The summed E-state index contributed by atoms with van der Waals surface area (Å²) in [6.45, 7) is 0. The molecule has 0 bridgehead atoms. The molecule has 0 aliphatic rings. The van der Waals surface area contributed by atoms with Crippen molar-refractivity contribution in [2.45, 2.75) is 0 Å². The molecule has 0 unspecified atom stereocenters. The number of fused-ring (bicyclic) bond motifs is 1. The molecule has 0 fully saturated rings. The average Bonchev–Trinajstić information content (AvgIpc) is 2.66. The molecule has 0 saturated heterocycles. The third kappa shape index (κ3) is 3.92. The summed E-state index contributed by atoms with van der Waals surface area (Å²) in [5.41, 5.74) is 1.47. The Bertz CT molecular complexity index is 1040. The molecule has 1 aromatic heterocycles. The molecule has 6 heteroatoms. The fourth-order valence-corrected chi connectivity index (χ4v) is 2.46. The van der Waals surface area contributed by atoms with Crippen LogP contribution in [0.1, 0.15) is 5.56 Å². The lowest BCUT2D eigenvalue weighted by atomic mass is 10.2. The van der Waals surface area contributed by atoms with Gasteiger partial charge in [0.2, 0.25) is 5.91 Å². The van der Waals surface area contributed by atoms with Gasteiger partial charge in [-0.1, -0.05) is 6.07 Å². The van der Waals surface area contributed by atoms with Crippen molar-refractivity contribution in [1.82, 2.24) is 0 Å². The van der Waals surface area contributed by atoms with E-state index in [1.54, 1.807) is 56.7 Å². The van der Waals surface area contributed by atoms with Crippen LogP contribution in [-0.2, 0) is 4.79 Å². The van der Waals surface area contributed by atoms with Crippen molar-refractivity contribution in [3.05, 3.63) is 70.6 Å². The van der Waals surface area contributed by atoms with E-state index < -0.39 is 5.63 Å². The Balaban J connectivity index is 1.73. The summed E-state index contributed by atoms with van der Waals surface area (Å²) in [5, 5.41) is 3.50. The van der Waals surface area contributed by atoms with Crippen molar-refractivity contribution in [2.24, 2.45) is 0 Å². The largest absolute Gasteiger partial charge is 0.493 e. The van der Waals surface area contributed by atoms with Gasteiger partial charge >= 0.3 is 5.63 Å². The lowest BCUT2D eigenvalue weighted by molar-refractivity contribution is -0.111. The Hall–Kier alpha value is -3.54. The van der Waals surface area contributed by atoms with E-state index in [2.05, 4.69) is 5.32 Å². The molecular weight excluding hydrogens is 334 g/mol. The van der Waals surface area contributed by atoms with Crippen molar-refractivity contribution in [1.29, 1.82) is 0 Å². The molecule has 3 rings (SSSR count). The van der Waals surface area contributed by atoms with E-state index in [4.69, 9.17) is 13.9 Å². The fraction of sp³-hybridized carbons (Fsp3) is 0.100. The molecule has 0 atom stereocenters.